The van der Waals surface area contributed by atoms with Crippen molar-refractivity contribution in [1.82, 2.24) is 9.80 Å². The number of likely N-dealkylation sites (tertiary alicyclic amines) is 1. The number of hydrogen-bond donors (Lipinski definition) is 0. The molecule has 5 heteroatoms. The maximum absolute atomic E-state index is 12.1. The first-order valence-corrected chi connectivity index (χ1v) is 6.91. The van der Waals surface area contributed by atoms with Crippen LogP contribution in [0.4, 0.5) is 4.79 Å². The van der Waals surface area contributed by atoms with E-state index in [9.17, 15) is 4.79 Å². The average molecular weight is 267 g/mol. The Morgan fingerprint density at radius 2 is 1.75 bits per heavy atom. The van der Waals surface area contributed by atoms with E-state index in [0.717, 1.165) is 31.8 Å². The van der Waals surface area contributed by atoms with Gasteiger partial charge < -0.3 is 9.80 Å². The van der Waals surface area contributed by atoms with Crippen LogP contribution >= 0.6 is 23.2 Å². The number of amides is 2. The molecule has 0 aromatic carbocycles. The highest BCUT2D eigenvalue weighted by atomic mass is 35.5. The average Bonchev–Trinajstić information content (AvgIpc) is 2.29. The number of alkyl halides is 2. The van der Waals surface area contributed by atoms with Crippen molar-refractivity contribution in [2.45, 2.75) is 19.8 Å². The highest BCUT2D eigenvalue weighted by Gasteiger charge is 2.23. The maximum Gasteiger partial charge on any atom is 0.320 e. The van der Waals surface area contributed by atoms with E-state index in [4.69, 9.17) is 23.2 Å². The molecule has 0 unspecified atom stereocenters. The van der Waals surface area contributed by atoms with Crippen LogP contribution in [-0.4, -0.2) is 53.8 Å². The normalized spacial score (nSPS) is 17.6. The summed E-state index contributed by atoms with van der Waals surface area (Å²) in [6.07, 6.45) is 2.20. The molecule has 0 aliphatic carbocycles. The van der Waals surface area contributed by atoms with Crippen molar-refractivity contribution >= 4 is 29.2 Å². The Bertz CT molecular complexity index is 212. The van der Waals surface area contributed by atoms with Crippen molar-refractivity contribution in [3.63, 3.8) is 0 Å². The number of halogens is 2. The monoisotopic (exact) mass is 266 g/mol. The van der Waals surface area contributed by atoms with Gasteiger partial charge in [-0.15, -0.1) is 23.2 Å². The third kappa shape index (κ3) is 4.02. The molecule has 0 radical (unpaired) electrons. The molecule has 0 aromatic rings. The maximum atomic E-state index is 12.1. The minimum Gasteiger partial charge on any atom is -0.325 e. The van der Waals surface area contributed by atoms with Crippen LogP contribution in [0, 0.1) is 5.92 Å². The molecule has 16 heavy (non-hydrogen) atoms. The van der Waals surface area contributed by atoms with Gasteiger partial charge in [-0.2, -0.15) is 0 Å². The predicted octanol–water partition coefficient (Wildman–Crippen LogP) is 2.62. The van der Waals surface area contributed by atoms with Gasteiger partial charge in [-0.1, -0.05) is 6.92 Å². The largest absolute Gasteiger partial charge is 0.325 e. The molecule has 0 bridgehead atoms. The minimum atomic E-state index is 0.0909. The molecule has 1 aliphatic heterocycles. The summed E-state index contributed by atoms with van der Waals surface area (Å²) in [5.74, 6) is 1.67. The molecule has 1 saturated heterocycles. The Morgan fingerprint density at radius 1 is 1.25 bits per heavy atom. The third-order valence-electron chi connectivity index (χ3n) is 3.03. The SMILES string of the molecule is CC1CCN(C(=O)N(CCCl)CCCl)CC1. The minimum absolute atomic E-state index is 0.0909. The highest BCUT2D eigenvalue weighted by molar-refractivity contribution is 6.18. The van der Waals surface area contributed by atoms with E-state index in [2.05, 4.69) is 6.92 Å². The van der Waals surface area contributed by atoms with Crippen molar-refractivity contribution < 1.29 is 4.79 Å². The molecule has 1 heterocycles. The molecule has 2 amide bonds. The summed E-state index contributed by atoms with van der Waals surface area (Å²) in [6.45, 7) is 5.12. The van der Waals surface area contributed by atoms with Gasteiger partial charge >= 0.3 is 6.03 Å². The van der Waals surface area contributed by atoms with Crippen molar-refractivity contribution in [2.24, 2.45) is 5.92 Å². The molecule has 1 rings (SSSR count). The zero-order valence-corrected chi connectivity index (χ0v) is 11.3. The summed E-state index contributed by atoms with van der Waals surface area (Å²) in [4.78, 5) is 15.8. The molecule has 1 fully saturated rings. The number of piperidine rings is 1. The lowest BCUT2D eigenvalue weighted by Crippen LogP contribution is -2.47. The van der Waals surface area contributed by atoms with Gasteiger partial charge in [0.25, 0.3) is 0 Å². The highest BCUT2D eigenvalue weighted by Crippen LogP contribution is 2.17. The van der Waals surface area contributed by atoms with E-state index >= 15 is 0 Å². The fourth-order valence-electron chi connectivity index (χ4n) is 1.91. The lowest BCUT2D eigenvalue weighted by atomic mass is 10.00. The number of hydrogen-bond acceptors (Lipinski definition) is 1. The molecular weight excluding hydrogens is 247 g/mol. The van der Waals surface area contributed by atoms with Gasteiger partial charge in [-0.3, -0.25) is 0 Å². The van der Waals surface area contributed by atoms with E-state index < -0.39 is 0 Å². The Hall–Kier alpha value is -0.150. The molecule has 0 spiro atoms. The van der Waals surface area contributed by atoms with Gasteiger partial charge in [0.05, 0.1) is 0 Å². The van der Waals surface area contributed by atoms with Crippen LogP contribution in [0.5, 0.6) is 0 Å². The fourth-order valence-corrected chi connectivity index (χ4v) is 2.32. The van der Waals surface area contributed by atoms with Crippen LogP contribution in [0.3, 0.4) is 0 Å². The Morgan fingerprint density at radius 3 is 2.19 bits per heavy atom. The first kappa shape index (κ1) is 13.9. The summed E-state index contributed by atoms with van der Waals surface area (Å²) in [5, 5.41) is 0. The molecule has 3 nitrogen and oxygen atoms in total. The van der Waals surface area contributed by atoms with E-state index in [1.165, 1.54) is 0 Å². The van der Waals surface area contributed by atoms with Crippen molar-refractivity contribution in [2.75, 3.05) is 37.9 Å². The van der Waals surface area contributed by atoms with E-state index in [1.54, 1.807) is 4.90 Å². The number of carbonyl (C=O) groups is 1. The lowest BCUT2D eigenvalue weighted by molar-refractivity contribution is 0.139. The second kappa shape index (κ2) is 7.23. The Kier molecular flexibility index (Phi) is 6.29. The molecule has 94 valence electrons. The zero-order chi connectivity index (χ0) is 12.0. The Balaban J connectivity index is 2.46. The van der Waals surface area contributed by atoms with Gasteiger partial charge in [-0.25, -0.2) is 4.79 Å². The topological polar surface area (TPSA) is 23.6 Å². The molecule has 0 atom stereocenters. The zero-order valence-electron chi connectivity index (χ0n) is 9.79. The van der Waals surface area contributed by atoms with Gasteiger partial charge in [0.15, 0.2) is 0 Å². The van der Waals surface area contributed by atoms with Gasteiger partial charge in [0, 0.05) is 37.9 Å². The summed E-state index contributed by atoms with van der Waals surface area (Å²) in [6, 6.07) is 0.0909. The van der Waals surface area contributed by atoms with Crippen LogP contribution in [0.15, 0.2) is 0 Å². The fraction of sp³-hybridized carbons (Fsp3) is 0.909. The van der Waals surface area contributed by atoms with E-state index in [1.807, 2.05) is 4.90 Å². The van der Waals surface area contributed by atoms with Crippen molar-refractivity contribution in [3.8, 4) is 0 Å². The lowest BCUT2D eigenvalue weighted by Gasteiger charge is -2.34. The molecule has 0 N–H and O–H groups in total. The first-order chi connectivity index (χ1) is 7.69. The number of nitrogens with zero attached hydrogens (tertiary/aromatic N) is 2. The summed E-state index contributed by atoms with van der Waals surface area (Å²) >= 11 is 11.4. The van der Waals surface area contributed by atoms with Crippen LogP contribution in [0.25, 0.3) is 0 Å². The smallest absolute Gasteiger partial charge is 0.320 e. The summed E-state index contributed by atoms with van der Waals surface area (Å²) in [5.41, 5.74) is 0. The second-order valence-electron chi connectivity index (χ2n) is 4.32. The number of rotatable bonds is 4. The number of urea groups is 1. The predicted molar refractivity (Wildman–Crippen MR) is 68.4 cm³/mol. The molecule has 1 aliphatic rings. The van der Waals surface area contributed by atoms with Crippen LogP contribution in [-0.2, 0) is 0 Å². The van der Waals surface area contributed by atoms with Gasteiger partial charge in [0.1, 0.15) is 0 Å². The first-order valence-electron chi connectivity index (χ1n) is 5.84. The van der Waals surface area contributed by atoms with Crippen molar-refractivity contribution in [3.05, 3.63) is 0 Å². The van der Waals surface area contributed by atoms with E-state index in [0.29, 0.717) is 24.8 Å². The quantitative estimate of drug-likeness (QED) is 0.718. The van der Waals surface area contributed by atoms with Crippen LogP contribution < -0.4 is 0 Å². The summed E-state index contributed by atoms with van der Waals surface area (Å²) < 4.78 is 0. The Labute approximate surface area is 108 Å². The second-order valence-corrected chi connectivity index (χ2v) is 5.07. The van der Waals surface area contributed by atoms with Gasteiger partial charge in [0.2, 0.25) is 0 Å². The van der Waals surface area contributed by atoms with Gasteiger partial charge in [-0.05, 0) is 18.8 Å². The van der Waals surface area contributed by atoms with E-state index in [-0.39, 0.29) is 6.03 Å². The summed E-state index contributed by atoms with van der Waals surface area (Å²) in [7, 11) is 0. The number of carbonyl (C=O) groups excluding carboxylic acids is 1. The molecule has 0 saturated carbocycles. The molecular formula is C11H20Cl2N2O. The standard InChI is InChI=1S/C11H20Cl2N2O/c1-10-2-6-14(7-3-10)11(16)15(8-4-12)9-5-13/h10H,2-9H2,1H3. The molecule has 0 aromatic heterocycles. The van der Waals surface area contributed by atoms with Crippen LogP contribution in [0.1, 0.15) is 19.8 Å². The van der Waals surface area contributed by atoms with Crippen molar-refractivity contribution in [1.29, 1.82) is 0 Å². The third-order valence-corrected chi connectivity index (χ3v) is 3.37. The van der Waals surface area contributed by atoms with Crippen LogP contribution in [0.2, 0.25) is 0 Å².